The average Bonchev–Trinajstić information content (AvgIpc) is 2.59. The molecular formula is C19H23BrN2O2. The van der Waals surface area contributed by atoms with Gasteiger partial charge in [0.05, 0.1) is 18.8 Å². The van der Waals surface area contributed by atoms with E-state index >= 15 is 0 Å². The second-order valence-corrected chi connectivity index (χ2v) is 6.29. The zero-order valence-corrected chi connectivity index (χ0v) is 15.6. The van der Waals surface area contributed by atoms with Crippen LogP contribution in [0.3, 0.4) is 0 Å². The van der Waals surface area contributed by atoms with Crippen LogP contribution in [-0.2, 0) is 4.79 Å². The van der Waals surface area contributed by atoms with Gasteiger partial charge in [-0.3, -0.25) is 4.79 Å². The van der Waals surface area contributed by atoms with Gasteiger partial charge in [0, 0.05) is 10.5 Å². The zero-order chi connectivity index (χ0) is 17.4. The van der Waals surface area contributed by atoms with Gasteiger partial charge in [0.2, 0.25) is 5.91 Å². The highest BCUT2D eigenvalue weighted by Crippen LogP contribution is 2.23. The van der Waals surface area contributed by atoms with Crippen LogP contribution in [0.5, 0.6) is 5.75 Å². The van der Waals surface area contributed by atoms with Crippen LogP contribution in [-0.4, -0.2) is 19.1 Å². The fraction of sp³-hybridized carbons (Fsp3) is 0.316. The minimum atomic E-state index is -0.0854. The summed E-state index contributed by atoms with van der Waals surface area (Å²) in [5, 5.41) is 6.21. The number of hydrogen-bond donors (Lipinski definition) is 2. The summed E-state index contributed by atoms with van der Waals surface area (Å²) >= 11 is 3.44. The van der Waals surface area contributed by atoms with Crippen LogP contribution in [0.15, 0.2) is 53.0 Å². The highest BCUT2D eigenvalue weighted by molar-refractivity contribution is 9.10. The van der Waals surface area contributed by atoms with E-state index in [0.717, 1.165) is 10.9 Å². The van der Waals surface area contributed by atoms with Gasteiger partial charge < -0.3 is 15.4 Å². The van der Waals surface area contributed by atoms with Crippen LogP contribution in [0.1, 0.15) is 31.9 Å². The van der Waals surface area contributed by atoms with Crippen molar-refractivity contribution >= 4 is 27.5 Å². The SMILES string of the molecule is CCOc1ccccc1NC(=O)CN[C@@H](CC)c1ccc(Br)cc1. The Balaban J connectivity index is 1.93. The van der Waals surface area contributed by atoms with E-state index in [-0.39, 0.29) is 18.5 Å². The van der Waals surface area contributed by atoms with E-state index in [1.165, 1.54) is 5.56 Å². The summed E-state index contributed by atoms with van der Waals surface area (Å²) < 4.78 is 6.57. The monoisotopic (exact) mass is 390 g/mol. The molecule has 0 saturated heterocycles. The van der Waals surface area contributed by atoms with Gasteiger partial charge in [-0.1, -0.05) is 47.1 Å². The van der Waals surface area contributed by atoms with E-state index in [0.29, 0.717) is 18.0 Å². The van der Waals surface area contributed by atoms with Gasteiger partial charge in [0.1, 0.15) is 5.75 Å². The van der Waals surface area contributed by atoms with Crippen molar-refractivity contribution in [3.63, 3.8) is 0 Å². The van der Waals surface area contributed by atoms with Crippen molar-refractivity contribution in [3.8, 4) is 5.75 Å². The van der Waals surface area contributed by atoms with Crippen LogP contribution < -0.4 is 15.4 Å². The van der Waals surface area contributed by atoms with Crippen LogP contribution >= 0.6 is 15.9 Å². The van der Waals surface area contributed by atoms with Crippen LogP contribution in [0.2, 0.25) is 0 Å². The molecule has 0 aromatic heterocycles. The first kappa shape index (κ1) is 18.5. The number of ether oxygens (including phenoxy) is 1. The zero-order valence-electron chi connectivity index (χ0n) is 14.0. The maximum Gasteiger partial charge on any atom is 0.238 e. The van der Waals surface area contributed by atoms with Gasteiger partial charge in [-0.15, -0.1) is 0 Å². The molecule has 128 valence electrons. The summed E-state index contributed by atoms with van der Waals surface area (Å²) in [6.07, 6.45) is 0.907. The van der Waals surface area contributed by atoms with Crippen molar-refractivity contribution in [2.24, 2.45) is 0 Å². The lowest BCUT2D eigenvalue weighted by atomic mass is 10.0. The standard InChI is InChI=1S/C19H23BrN2O2/c1-3-16(14-9-11-15(20)12-10-14)21-13-19(23)22-17-7-5-6-8-18(17)24-4-2/h5-12,16,21H,3-4,13H2,1-2H3,(H,22,23)/t16-/m0/s1. The van der Waals surface area contributed by atoms with Gasteiger partial charge in [-0.2, -0.15) is 0 Å². The summed E-state index contributed by atoms with van der Waals surface area (Å²) in [6, 6.07) is 15.8. The Morgan fingerprint density at radius 2 is 1.83 bits per heavy atom. The minimum absolute atomic E-state index is 0.0854. The summed E-state index contributed by atoms with van der Waals surface area (Å²) in [5.74, 6) is 0.603. The summed E-state index contributed by atoms with van der Waals surface area (Å²) in [5.41, 5.74) is 1.87. The van der Waals surface area contributed by atoms with Crippen molar-refractivity contribution in [2.45, 2.75) is 26.3 Å². The molecule has 0 aliphatic carbocycles. The first-order valence-electron chi connectivity index (χ1n) is 8.14. The molecule has 24 heavy (non-hydrogen) atoms. The molecule has 0 radical (unpaired) electrons. The molecule has 2 aromatic rings. The number of carbonyl (C=O) groups excluding carboxylic acids is 1. The Hall–Kier alpha value is -1.85. The molecule has 5 heteroatoms. The van der Waals surface area contributed by atoms with Crippen molar-refractivity contribution in [3.05, 3.63) is 58.6 Å². The Bertz CT molecular complexity index is 659. The van der Waals surface area contributed by atoms with Crippen molar-refractivity contribution in [2.75, 3.05) is 18.5 Å². The predicted molar refractivity (Wildman–Crippen MR) is 101 cm³/mol. The molecule has 0 bridgehead atoms. The number of anilines is 1. The number of nitrogens with one attached hydrogen (secondary N) is 2. The second kappa shape index (κ2) is 9.45. The van der Waals surface area contributed by atoms with Gasteiger partial charge in [0.15, 0.2) is 0 Å². The smallest absolute Gasteiger partial charge is 0.238 e. The first-order valence-corrected chi connectivity index (χ1v) is 8.93. The van der Waals surface area contributed by atoms with Crippen molar-refractivity contribution in [1.29, 1.82) is 0 Å². The summed E-state index contributed by atoms with van der Waals surface area (Å²) in [7, 11) is 0. The van der Waals surface area contributed by atoms with E-state index in [1.807, 2.05) is 43.3 Å². The van der Waals surface area contributed by atoms with Crippen LogP contribution in [0.25, 0.3) is 0 Å². The molecule has 4 nitrogen and oxygen atoms in total. The van der Waals surface area contributed by atoms with E-state index in [9.17, 15) is 4.79 Å². The molecule has 0 spiro atoms. The normalized spacial score (nSPS) is 11.8. The van der Waals surface area contributed by atoms with Crippen LogP contribution in [0, 0.1) is 0 Å². The largest absolute Gasteiger partial charge is 0.492 e. The number of para-hydroxylation sites is 2. The topological polar surface area (TPSA) is 50.4 Å². The third-order valence-electron chi connectivity index (χ3n) is 3.65. The van der Waals surface area contributed by atoms with Crippen LogP contribution in [0.4, 0.5) is 5.69 Å². The number of carbonyl (C=O) groups is 1. The quantitative estimate of drug-likeness (QED) is 0.695. The molecule has 2 aromatic carbocycles. The van der Waals surface area contributed by atoms with E-state index in [4.69, 9.17) is 4.74 Å². The molecule has 2 N–H and O–H groups in total. The molecule has 0 unspecified atom stereocenters. The summed E-state index contributed by atoms with van der Waals surface area (Å²) in [4.78, 5) is 12.2. The Morgan fingerprint density at radius 1 is 1.12 bits per heavy atom. The molecule has 0 aliphatic rings. The number of benzene rings is 2. The molecule has 0 saturated carbocycles. The van der Waals surface area contributed by atoms with Gasteiger partial charge in [-0.05, 0) is 43.2 Å². The predicted octanol–water partition coefficient (Wildman–Crippen LogP) is 4.53. The lowest BCUT2D eigenvalue weighted by molar-refractivity contribution is -0.115. The van der Waals surface area contributed by atoms with E-state index < -0.39 is 0 Å². The highest BCUT2D eigenvalue weighted by Gasteiger charge is 2.12. The van der Waals surface area contributed by atoms with Crippen molar-refractivity contribution in [1.82, 2.24) is 5.32 Å². The molecule has 0 fully saturated rings. The fourth-order valence-electron chi connectivity index (χ4n) is 2.45. The second-order valence-electron chi connectivity index (χ2n) is 5.37. The number of amides is 1. The Morgan fingerprint density at radius 3 is 2.50 bits per heavy atom. The maximum atomic E-state index is 12.2. The molecule has 0 heterocycles. The van der Waals surface area contributed by atoms with Gasteiger partial charge >= 0.3 is 0 Å². The minimum Gasteiger partial charge on any atom is -0.492 e. The molecule has 0 aliphatic heterocycles. The lowest BCUT2D eigenvalue weighted by Gasteiger charge is -2.18. The number of halogens is 1. The average molecular weight is 391 g/mol. The Labute approximate surface area is 151 Å². The van der Waals surface area contributed by atoms with Gasteiger partial charge in [-0.25, -0.2) is 0 Å². The van der Waals surface area contributed by atoms with E-state index in [2.05, 4.69) is 45.6 Å². The third-order valence-corrected chi connectivity index (χ3v) is 4.18. The van der Waals surface area contributed by atoms with Gasteiger partial charge in [0.25, 0.3) is 0 Å². The Kier molecular flexibility index (Phi) is 7.28. The highest BCUT2D eigenvalue weighted by atomic mass is 79.9. The summed E-state index contributed by atoms with van der Waals surface area (Å²) in [6.45, 7) is 4.83. The maximum absolute atomic E-state index is 12.2. The lowest BCUT2D eigenvalue weighted by Crippen LogP contribution is -2.31. The first-order chi connectivity index (χ1) is 11.6. The molecule has 1 amide bonds. The molecular weight excluding hydrogens is 368 g/mol. The number of rotatable bonds is 8. The number of hydrogen-bond acceptors (Lipinski definition) is 3. The third kappa shape index (κ3) is 5.35. The van der Waals surface area contributed by atoms with E-state index in [1.54, 1.807) is 0 Å². The van der Waals surface area contributed by atoms with Crippen molar-refractivity contribution < 1.29 is 9.53 Å². The molecule has 2 rings (SSSR count). The fourth-order valence-corrected chi connectivity index (χ4v) is 2.72. The molecule has 1 atom stereocenters.